The quantitative estimate of drug-likeness (QED) is 0.795. The first kappa shape index (κ1) is 11.6. The summed E-state index contributed by atoms with van der Waals surface area (Å²) in [6, 6.07) is 8.16. The van der Waals surface area contributed by atoms with Crippen LogP contribution < -0.4 is 0 Å². The molecule has 1 aromatic rings. The molecular weight excluding hydrogens is 268 g/mol. The number of hydrogen-bond acceptors (Lipinski definition) is 2. The molecule has 1 aromatic carbocycles. The van der Waals surface area contributed by atoms with Crippen LogP contribution in [0.4, 0.5) is 0 Å². The third-order valence-electron chi connectivity index (χ3n) is 3.17. The summed E-state index contributed by atoms with van der Waals surface area (Å²) in [6.45, 7) is 4.42. The Labute approximate surface area is 104 Å². The van der Waals surface area contributed by atoms with Crippen LogP contribution in [0.15, 0.2) is 28.7 Å². The molecule has 0 bridgehead atoms. The summed E-state index contributed by atoms with van der Waals surface area (Å²) in [5.74, 6) is 0.721. The zero-order chi connectivity index (χ0) is 11.7. The molecule has 3 heteroatoms. The van der Waals surface area contributed by atoms with Gasteiger partial charge in [0.25, 0.3) is 0 Å². The van der Waals surface area contributed by atoms with Crippen LogP contribution >= 0.6 is 15.9 Å². The maximum absolute atomic E-state index is 11.7. The van der Waals surface area contributed by atoms with Crippen molar-refractivity contribution in [1.29, 1.82) is 0 Å². The third-order valence-corrected chi connectivity index (χ3v) is 3.66. The zero-order valence-electron chi connectivity index (χ0n) is 9.44. The second kappa shape index (κ2) is 4.58. The van der Waals surface area contributed by atoms with Crippen LogP contribution in [-0.4, -0.2) is 12.6 Å². The van der Waals surface area contributed by atoms with E-state index in [0.717, 1.165) is 4.47 Å². The molecule has 1 aliphatic rings. The fraction of sp³-hybridized carbons (Fsp3) is 0.462. The van der Waals surface area contributed by atoms with Crippen molar-refractivity contribution in [2.75, 3.05) is 6.61 Å². The van der Waals surface area contributed by atoms with E-state index >= 15 is 0 Å². The molecule has 0 radical (unpaired) electrons. The molecule has 86 valence electrons. The Kier molecular flexibility index (Phi) is 3.33. The molecule has 0 amide bonds. The predicted molar refractivity (Wildman–Crippen MR) is 66.2 cm³/mol. The summed E-state index contributed by atoms with van der Waals surface area (Å²) in [6.07, 6.45) is 0. The van der Waals surface area contributed by atoms with Gasteiger partial charge in [-0.15, -0.1) is 0 Å². The number of benzene rings is 1. The standard InChI is InChI=1S/C13H15BrO2/c1-3-16-13(15)12-8(2)11(12)9-5-4-6-10(14)7-9/h4-8,11-12H,3H2,1-2H3. The van der Waals surface area contributed by atoms with Crippen LogP contribution in [0.3, 0.4) is 0 Å². The summed E-state index contributed by atoms with van der Waals surface area (Å²) in [7, 11) is 0. The fourth-order valence-corrected chi connectivity index (χ4v) is 2.70. The number of halogens is 1. The van der Waals surface area contributed by atoms with E-state index in [1.54, 1.807) is 0 Å². The molecule has 0 heterocycles. The van der Waals surface area contributed by atoms with E-state index in [-0.39, 0.29) is 11.9 Å². The zero-order valence-corrected chi connectivity index (χ0v) is 11.0. The Balaban J connectivity index is 2.11. The van der Waals surface area contributed by atoms with Crippen LogP contribution in [0.1, 0.15) is 25.3 Å². The lowest BCUT2D eigenvalue weighted by atomic mass is 10.1. The summed E-state index contributed by atoms with van der Waals surface area (Å²) in [4.78, 5) is 11.7. The molecule has 0 N–H and O–H groups in total. The molecule has 3 unspecified atom stereocenters. The number of carbonyl (C=O) groups is 1. The largest absolute Gasteiger partial charge is 0.466 e. The molecule has 2 nitrogen and oxygen atoms in total. The summed E-state index contributed by atoms with van der Waals surface area (Å²) < 4.78 is 6.13. The van der Waals surface area contributed by atoms with Gasteiger partial charge in [0.15, 0.2) is 0 Å². The van der Waals surface area contributed by atoms with Gasteiger partial charge >= 0.3 is 5.97 Å². The number of carbonyl (C=O) groups excluding carboxylic acids is 1. The van der Waals surface area contributed by atoms with Crippen LogP contribution in [0.5, 0.6) is 0 Å². The molecule has 0 aromatic heterocycles. The van der Waals surface area contributed by atoms with Crippen molar-refractivity contribution >= 4 is 21.9 Å². The van der Waals surface area contributed by atoms with Crippen molar-refractivity contribution in [2.45, 2.75) is 19.8 Å². The lowest BCUT2D eigenvalue weighted by molar-refractivity contribution is -0.145. The molecule has 1 saturated carbocycles. The minimum absolute atomic E-state index is 0.0502. The van der Waals surface area contributed by atoms with Crippen molar-refractivity contribution in [3.8, 4) is 0 Å². The molecule has 3 atom stereocenters. The van der Waals surface area contributed by atoms with Crippen molar-refractivity contribution in [1.82, 2.24) is 0 Å². The summed E-state index contributed by atoms with van der Waals surface area (Å²) in [5, 5.41) is 0. The molecule has 1 fully saturated rings. The van der Waals surface area contributed by atoms with Gasteiger partial charge in [-0.05, 0) is 30.5 Å². The van der Waals surface area contributed by atoms with Gasteiger partial charge in [0.1, 0.15) is 0 Å². The van der Waals surface area contributed by atoms with Gasteiger partial charge in [-0.3, -0.25) is 4.79 Å². The van der Waals surface area contributed by atoms with E-state index in [9.17, 15) is 4.79 Å². The van der Waals surface area contributed by atoms with Crippen LogP contribution in [0, 0.1) is 11.8 Å². The lowest BCUT2D eigenvalue weighted by Crippen LogP contribution is -2.08. The fourth-order valence-electron chi connectivity index (χ4n) is 2.29. The minimum Gasteiger partial charge on any atom is -0.466 e. The number of rotatable bonds is 3. The Morgan fingerprint density at radius 2 is 2.25 bits per heavy atom. The monoisotopic (exact) mass is 282 g/mol. The normalized spacial score (nSPS) is 27.6. The highest BCUT2D eigenvalue weighted by molar-refractivity contribution is 9.10. The first-order chi connectivity index (χ1) is 7.65. The van der Waals surface area contributed by atoms with E-state index < -0.39 is 0 Å². The molecular formula is C13H15BrO2. The second-order valence-corrected chi connectivity index (χ2v) is 5.13. The van der Waals surface area contributed by atoms with Gasteiger partial charge in [-0.25, -0.2) is 0 Å². The summed E-state index contributed by atoms with van der Waals surface area (Å²) >= 11 is 3.45. The van der Waals surface area contributed by atoms with Crippen molar-refractivity contribution in [3.63, 3.8) is 0 Å². The lowest BCUT2D eigenvalue weighted by Gasteiger charge is -2.01. The molecule has 0 aliphatic heterocycles. The third kappa shape index (κ3) is 2.14. The Morgan fingerprint density at radius 1 is 1.50 bits per heavy atom. The number of hydrogen-bond donors (Lipinski definition) is 0. The van der Waals surface area contributed by atoms with Crippen LogP contribution in [0.25, 0.3) is 0 Å². The highest BCUT2D eigenvalue weighted by Gasteiger charge is 2.53. The van der Waals surface area contributed by atoms with Gasteiger partial charge in [-0.1, -0.05) is 35.0 Å². The highest BCUT2D eigenvalue weighted by atomic mass is 79.9. The minimum atomic E-state index is -0.0556. The average Bonchev–Trinajstić information content (AvgIpc) is 2.90. The predicted octanol–water partition coefficient (Wildman–Crippen LogP) is 3.36. The Hall–Kier alpha value is -0.830. The van der Waals surface area contributed by atoms with E-state index in [1.165, 1.54) is 5.56 Å². The van der Waals surface area contributed by atoms with Gasteiger partial charge in [0.2, 0.25) is 0 Å². The van der Waals surface area contributed by atoms with Crippen molar-refractivity contribution in [3.05, 3.63) is 34.3 Å². The second-order valence-electron chi connectivity index (χ2n) is 4.22. The maximum Gasteiger partial charge on any atom is 0.309 e. The van der Waals surface area contributed by atoms with Gasteiger partial charge < -0.3 is 4.74 Å². The summed E-state index contributed by atoms with van der Waals surface area (Å²) in [5.41, 5.74) is 1.22. The highest BCUT2D eigenvalue weighted by Crippen LogP contribution is 2.54. The van der Waals surface area contributed by atoms with Gasteiger partial charge in [0.05, 0.1) is 12.5 Å². The SMILES string of the molecule is CCOC(=O)C1C(C)C1c1cccc(Br)c1. The molecule has 0 spiro atoms. The first-order valence-corrected chi connectivity index (χ1v) is 6.36. The molecule has 2 rings (SSSR count). The van der Waals surface area contributed by atoms with Crippen molar-refractivity contribution in [2.24, 2.45) is 11.8 Å². The molecule has 1 aliphatic carbocycles. The smallest absolute Gasteiger partial charge is 0.309 e. The van der Waals surface area contributed by atoms with E-state index in [2.05, 4.69) is 35.0 Å². The maximum atomic E-state index is 11.7. The topological polar surface area (TPSA) is 26.3 Å². The van der Waals surface area contributed by atoms with E-state index in [1.807, 2.05) is 19.1 Å². The van der Waals surface area contributed by atoms with Crippen LogP contribution in [0.2, 0.25) is 0 Å². The van der Waals surface area contributed by atoms with E-state index in [4.69, 9.17) is 4.74 Å². The van der Waals surface area contributed by atoms with Gasteiger partial charge in [-0.2, -0.15) is 0 Å². The number of esters is 1. The number of ether oxygens (including phenoxy) is 1. The Morgan fingerprint density at radius 3 is 2.88 bits per heavy atom. The van der Waals surface area contributed by atoms with Crippen LogP contribution in [-0.2, 0) is 9.53 Å². The van der Waals surface area contributed by atoms with Gasteiger partial charge in [0, 0.05) is 10.4 Å². The first-order valence-electron chi connectivity index (χ1n) is 5.57. The van der Waals surface area contributed by atoms with E-state index in [0.29, 0.717) is 18.4 Å². The average molecular weight is 283 g/mol. The molecule has 16 heavy (non-hydrogen) atoms. The molecule has 0 saturated heterocycles. The van der Waals surface area contributed by atoms with Crippen molar-refractivity contribution < 1.29 is 9.53 Å². The Bertz CT molecular complexity index is 403.